The maximum absolute atomic E-state index is 7.00. The number of aliphatic hydroxyl groups excluding tert-OH is 1. The molecule has 0 atom stereocenters. The second-order valence-electron chi connectivity index (χ2n) is 16.0. The average molecular weight is 893 g/mol. The monoisotopic (exact) mass is 892 g/mol. The van der Waals surface area contributed by atoms with Gasteiger partial charge in [0.25, 0.3) is 0 Å². The minimum atomic E-state index is 0.628. The number of nitrogens with zero attached hydrogens (tertiary/aromatic N) is 4. The van der Waals surface area contributed by atoms with Crippen LogP contribution >= 0.6 is 0 Å². The van der Waals surface area contributed by atoms with E-state index >= 15 is 0 Å². The van der Waals surface area contributed by atoms with Crippen LogP contribution in [0.3, 0.4) is 0 Å². The summed E-state index contributed by atoms with van der Waals surface area (Å²) in [5, 5.41) is 9.19. The van der Waals surface area contributed by atoms with Gasteiger partial charge >= 0.3 is 0 Å². The Morgan fingerprint density at radius 2 is 0.623 bits per heavy atom. The average Bonchev–Trinajstić information content (AvgIpc) is 3.45. The molecule has 0 radical (unpaired) electrons. The summed E-state index contributed by atoms with van der Waals surface area (Å²) in [5.74, 6) is 1.89. The van der Waals surface area contributed by atoms with Crippen LogP contribution in [0.4, 0.5) is 17.1 Å². The van der Waals surface area contributed by atoms with Crippen LogP contribution in [0.15, 0.2) is 255 Å². The van der Waals surface area contributed by atoms with Crippen molar-refractivity contribution in [1.82, 2.24) is 15.0 Å². The largest absolute Gasteiger partial charge is 0.400 e. The van der Waals surface area contributed by atoms with E-state index in [9.17, 15) is 0 Å². The molecule has 0 saturated heterocycles. The summed E-state index contributed by atoms with van der Waals surface area (Å²) in [6, 6.07) is 89.6. The summed E-state index contributed by atoms with van der Waals surface area (Å²) >= 11 is 0. The molecule has 1 aromatic heterocycles. The molecule has 0 saturated carbocycles. The third-order valence-electron chi connectivity index (χ3n) is 11.9. The topological polar surface area (TPSA) is 62.1 Å². The van der Waals surface area contributed by atoms with Crippen molar-refractivity contribution in [2.45, 2.75) is 13.8 Å². The predicted octanol–water partition coefficient (Wildman–Crippen LogP) is 16.8. The maximum Gasteiger partial charge on any atom is 0.164 e. The third kappa shape index (κ3) is 10.0. The number of benzene rings is 10. The van der Waals surface area contributed by atoms with Crippen molar-refractivity contribution >= 4 is 27.8 Å². The van der Waals surface area contributed by atoms with Crippen LogP contribution in [0.25, 0.3) is 89.4 Å². The van der Waals surface area contributed by atoms with Gasteiger partial charge in [-0.15, -0.1) is 0 Å². The molecule has 0 spiro atoms. The predicted molar refractivity (Wildman–Crippen MR) is 290 cm³/mol. The zero-order chi connectivity index (χ0) is 47.4. The van der Waals surface area contributed by atoms with E-state index in [0.29, 0.717) is 17.5 Å². The normalized spacial score (nSPS) is 10.6. The van der Waals surface area contributed by atoms with Crippen LogP contribution in [0.1, 0.15) is 13.8 Å². The molecule has 0 aliphatic carbocycles. The Balaban J connectivity index is 0.00000145. The van der Waals surface area contributed by atoms with Gasteiger partial charge in [0.15, 0.2) is 17.5 Å². The van der Waals surface area contributed by atoms with Crippen molar-refractivity contribution < 1.29 is 5.11 Å². The van der Waals surface area contributed by atoms with Crippen LogP contribution in [0, 0.1) is 0 Å². The summed E-state index contributed by atoms with van der Waals surface area (Å²) in [5.41, 5.74) is 15.3. The fourth-order valence-corrected chi connectivity index (χ4v) is 8.68. The summed E-state index contributed by atoms with van der Waals surface area (Å²) in [4.78, 5) is 17.7. The zero-order valence-electron chi connectivity index (χ0n) is 39.0. The second-order valence-corrected chi connectivity index (χ2v) is 16.0. The van der Waals surface area contributed by atoms with Gasteiger partial charge in [-0.3, -0.25) is 0 Å². The number of fused-ring (bicyclic) bond motifs is 1. The Morgan fingerprint density at radius 3 is 1.17 bits per heavy atom. The molecule has 0 aliphatic heterocycles. The van der Waals surface area contributed by atoms with E-state index in [1.54, 1.807) is 0 Å². The highest BCUT2D eigenvalue weighted by molar-refractivity contribution is 6.04. The number of anilines is 3. The SMILES string of the molecule is CC.CO.c1ccc(-c2ccc(N(c3ccc(-c4ccc(-c5nc(-c6ccccc6)nc(-c6cccc(-c7ccccc7)c6)n5)c5ccccc45)cc3)c3cccc(-c4ccccc4)c3)cc2)cc1. The van der Waals surface area contributed by atoms with Crippen LogP contribution in [-0.4, -0.2) is 27.2 Å². The van der Waals surface area contributed by atoms with E-state index in [1.807, 2.05) is 38.1 Å². The molecule has 1 N–H and O–H groups in total. The van der Waals surface area contributed by atoms with Crippen molar-refractivity contribution in [2.24, 2.45) is 0 Å². The first-order chi connectivity index (χ1) is 34.2. The lowest BCUT2D eigenvalue weighted by Gasteiger charge is -2.26. The first-order valence-electron chi connectivity index (χ1n) is 23.4. The van der Waals surface area contributed by atoms with E-state index in [4.69, 9.17) is 20.1 Å². The molecule has 10 aromatic carbocycles. The molecule has 1 heterocycles. The van der Waals surface area contributed by atoms with Crippen molar-refractivity contribution in [3.8, 4) is 78.7 Å². The van der Waals surface area contributed by atoms with Crippen molar-refractivity contribution in [2.75, 3.05) is 12.0 Å². The smallest absolute Gasteiger partial charge is 0.164 e. The van der Waals surface area contributed by atoms with Gasteiger partial charge in [-0.2, -0.15) is 0 Å². The van der Waals surface area contributed by atoms with Gasteiger partial charge in [0.1, 0.15) is 0 Å². The molecule has 5 heteroatoms. The summed E-state index contributed by atoms with van der Waals surface area (Å²) in [6.45, 7) is 4.00. The minimum absolute atomic E-state index is 0.628. The van der Waals surface area contributed by atoms with Crippen molar-refractivity contribution in [1.29, 1.82) is 0 Å². The molecule has 5 nitrogen and oxygen atoms in total. The molecular formula is C64H52N4O. The number of aliphatic hydroxyl groups is 1. The Bertz CT molecular complexity index is 3400. The second kappa shape index (κ2) is 21.7. The molecule has 0 unspecified atom stereocenters. The van der Waals surface area contributed by atoms with Crippen molar-refractivity contribution in [3.63, 3.8) is 0 Å². The third-order valence-corrected chi connectivity index (χ3v) is 11.9. The van der Waals surface area contributed by atoms with E-state index in [1.165, 1.54) is 22.3 Å². The van der Waals surface area contributed by atoms with Gasteiger partial charge in [0, 0.05) is 40.9 Å². The number of hydrogen-bond donors (Lipinski definition) is 1. The standard InChI is InChI=1S/C61H42N4.C2H6.CH4O/c1-5-17-43(18-6-1)46-31-35-52(36-32-46)65(54-28-16-26-50(42-54)45-21-9-3-10-22-45)53-37-33-47(34-38-53)55-39-40-58(57-30-14-13-29-56(55)57)61-63-59(48-23-11-4-12-24-48)62-60(64-61)51-27-15-25-49(41-51)44-19-7-2-8-20-44;2*1-2/h1-42H;1-2H3;2H,1H3. The van der Waals surface area contributed by atoms with Gasteiger partial charge < -0.3 is 10.0 Å². The van der Waals surface area contributed by atoms with Gasteiger partial charge in [0.2, 0.25) is 0 Å². The van der Waals surface area contributed by atoms with Crippen molar-refractivity contribution in [3.05, 3.63) is 255 Å². The molecule has 0 aliphatic rings. The highest BCUT2D eigenvalue weighted by Gasteiger charge is 2.18. The highest BCUT2D eigenvalue weighted by Crippen LogP contribution is 2.41. The molecule has 11 rings (SSSR count). The maximum atomic E-state index is 7.00. The molecule has 334 valence electrons. The fraction of sp³-hybridized carbons (Fsp3) is 0.0469. The lowest BCUT2D eigenvalue weighted by atomic mass is 9.94. The van der Waals surface area contributed by atoms with Crippen LogP contribution in [0.2, 0.25) is 0 Å². The van der Waals surface area contributed by atoms with E-state index in [2.05, 4.69) is 235 Å². The first-order valence-corrected chi connectivity index (χ1v) is 23.4. The molecule has 0 bridgehead atoms. The quantitative estimate of drug-likeness (QED) is 0.148. The van der Waals surface area contributed by atoms with Gasteiger partial charge in [-0.25, -0.2) is 15.0 Å². The number of aromatic nitrogens is 3. The minimum Gasteiger partial charge on any atom is -0.400 e. The molecular weight excluding hydrogens is 841 g/mol. The molecule has 0 fully saturated rings. The highest BCUT2D eigenvalue weighted by atomic mass is 16.2. The number of rotatable bonds is 10. The Labute approximate surface area is 405 Å². The lowest BCUT2D eigenvalue weighted by Crippen LogP contribution is -2.10. The fourth-order valence-electron chi connectivity index (χ4n) is 8.68. The van der Waals surface area contributed by atoms with Gasteiger partial charge in [0.05, 0.1) is 0 Å². The Morgan fingerprint density at radius 1 is 0.261 bits per heavy atom. The van der Waals surface area contributed by atoms with E-state index < -0.39 is 0 Å². The van der Waals surface area contributed by atoms with Crippen LogP contribution in [0.5, 0.6) is 0 Å². The Hall–Kier alpha value is -8.77. The molecule has 11 aromatic rings. The number of hydrogen-bond acceptors (Lipinski definition) is 5. The van der Waals surface area contributed by atoms with Gasteiger partial charge in [-0.05, 0) is 104 Å². The summed E-state index contributed by atoms with van der Waals surface area (Å²) in [7, 11) is 1.00. The first kappa shape index (κ1) is 45.4. The Kier molecular flexibility index (Phi) is 14.3. The summed E-state index contributed by atoms with van der Waals surface area (Å²) < 4.78 is 0. The van der Waals surface area contributed by atoms with E-state index in [0.717, 1.165) is 73.9 Å². The zero-order valence-corrected chi connectivity index (χ0v) is 39.0. The lowest BCUT2D eigenvalue weighted by molar-refractivity contribution is 0.399. The van der Waals surface area contributed by atoms with E-state index in [-0.39, 0.29) is 0 Å². The summed E-state index contributed by atoms with van der Waals surface area (Å²) in [6.07, 6.45) is 0. The molecule has 0 amide bonds. The van der Waals surface area contributed by atoms with Gasteiger partial charge in [-0.1, -0.05) is 220 Å². The van der Waals surface area contributed by atoms with Crippen LogP contribution in [-0.2, 0) is 0 Å². The molecule has 69 heavy (non-hydrogen) atoms. The van der Waals surface area contributed by atoms with Crippen LogP contribution < -0.4 is 4.90 Å².